The minimum atomic E-state index is -2.39. The van der Waals surface area contributed by atoms with Crippen LogP contribution in [0.3, 0.4) is 0 Å². The first kappa shape index (κ1) is 16.1. The molecule has 1 aliphatic rings. The topological polar surface area (TPSA) is 40.6 Å². The van der Waals surface area contributed by atoms with Gasteiger partial charge in [-0.15, -0.1) is 0 Å². The summed E-state index contributed by atoms with van der Waals surface area (Å²) in [5.74, 6) is -1.25. The maximum absolute atomic E-state index is 12.6. The third-order valence-electron chi connectivity index (χ3n) is 3.88. The Labute approximate surface area is 128 Å². The van der Waals surface area contributed by atoms with Crippen molar-refractivity contribution in [2.24, 2.45) is 5.92 Å². The molecule has 0 bridgehead atoms. The molecule has 118 valence electrons. The van der Waals surface area contributed by atoms with Crippen molar-refractivity contribution in [2.75, 3.05) is 25.0 Å². The van der Waals surface area contributed by atoms with Gasteiger partial charge in [-0.2, -0.15) is 0 Å². The summed E-state index contributed by atoms with van der Waals surface area (Å²) in [6.45, 7) is 3.86. The van der Waals surface area contributed by atoms with E-state index in [1.807, 2.05) is 0 Å². The molecule has 0 aromatic heterocycles. The number of halogens is 2. The number of carbonyl (C=O) groups excluding carboxylic acids is 2. The van der Waals surface area contributed by atoms with Gasteiger partial charge in [0.25, 0.3) is 5.91 Å². The molecule has 1 saturated heterocycles. The van der Waals surface area contributed by atoms with Gasteiger partial charge in [0.05, 0.1) is 0 Å². The van der Waals surface area contributed by atoms with Crippen LogP contribution in [-0.2, 0) is 4.79 Å². The number of amides is 2. The van der Waals surface area contributed by atoms with Crippen molar-refractivity contribution in [1.82, 2.24) is 4.90 Å². The van der Waals surface area contributed by atoms with E-state index in [0.29, 0.717) is 24.2 Å². The summed E-state index contributed by atoms with van der Waals surface area (Å²) in [6, 6.07) is 6.49. The maximum Gasteiger partial charge on any atom is 0.253 e. The smallest absolute Gasteiger partial charge is 0.253 e. The number of hydrogen-bond acceptors (Lipinski definition) is 2. The van der Waals surface area contributed by atoms with Gasteiger partial charge in [-0.3, -0.25) is 9.59 Å². The molecule has 1 aliphatic heterocycles. The Morgan fingerprint density at radius 1 is 1.36 bits per heavy atom. The van der Waals surface area contributed by atoms with Gasteiger partial charge in [0.1, 0.15) is 0 Å². The molecule has 0 aliphatic carbocycles. The normalized spacial score (nSPS) is 17.6. The average Bonchev–Trinajstić information content (AvgIpc) is 3.03. The van der Waals surface area contributed by atoms with Crippen molar-refractivity contribution in [3.05, 3.63) is 42.5 Å². The molecule has 22 heavy (non-hydrogen) atoms. The molecule has 2 amide bonds. The van der Waals surface area contributed by atoms with E-state index in [9.17, 15) is 18.4 Å². The van der Waals surface area contributed by atoms with Crippen molar-refractivity contribution >= 4 is 17.5 Å². The van der Waals surface area contributed by atoms with E-state index in [2.05, 4.69) is 6.58 Å². The van der Waals surface area contributed by atoms with E-state index in [-0.39, 0.29) is 18.4 Å². The molecule has 1 fully saturated rings. The number of hydrogen-bond donors (Lipinski definition) is 0. The van der Waals surface area contributed by atoms with Crippen molar-refractivity contribution in [1.29, 1.82) is 0 Å². The molecule has 1 aromatic carbocycles. The number of benzene rings is 1. The molecule has 2 rings (SSSR count). The van der Waals surface area contributed by atoms with Crippen molar-refractivity contribution in [3.63, 3.8) is 0 Å². The van der Waals surface area contributed by atoms with Gasteiger partial charge in [-0.05, 0) is 36.8 Å². The van der Waals surface area contributed by atoms with Crippen LogP contribution in [0.1, 0.15) is 16.8 Å². The molecule has 1 atom stereocenters. The lowest BCUT2D eigenvalue weighted by Gasteiger charge is -2.18. The Balaban J connectivity index is 2.06. The van der Waals surface area contributed by atoms with Gasteiger partial charge in [-0.25, -0.2) is 8.78 Å². The monoisotopic (exact) mass is 308 g/mol. The Kier molecular flexibility index (Phi) is 4.90. The lowest BCUT2D eigenvalue weighted by atomic mass is 10.1. The molecule has 6 heteroatoms. The third-order valence-corrected chi connectivity index (χ3v) is 3.88. The zero-order valence-corrected chi connectivity index (χ0v) is 12.3. The van der Waals surface area contributed by atoms with Crippen LogP contribution in [0.25, 0.3) is 0 Å². The van der Waals surface area contributed by atoms with Crippen LogP contribution < -0.4 is 4.90 Å². The molecule has 1 heterocycles. The fraction of sp³-hybridized carbons (Fsp3) is 0.375. The van der Waals surface area contributed by atoms with E-state index >= 15 is 0 Å². The number of alkyl halides is 2. The second kappa shape index (κ2) is 6.68. The van der Waals surface area contributed by atoms with Crippen LogP contribution in [0.2, 0.25) is 0 Å². The fourth-order valence-electron chi connectivity index (χ4n) is 2.45. The number of likely N-dealkylation sites (tertiary alicyclic amines) is 1. The number of rotatable bonds is 4. The Morgan fingerprint density at radius 3 is 2.50 bits per heavy atom. The van der Waals surface area contributed by atoms with E-state index in [0.717, 1.165) is 0 Å². The minimum absolute atomic E-state index is 0.0904. The highest BCUT2D eigenvalue weighted by atomic mass is 19.3. The molecular formula is C16H18F2N2O2. The van der Waals surface area contributed by atoms with Crippen LogP contribution >= 0.6 is 0 Å². The van der Waals surface area contributed by atoms with E-state index in [4.69, 9.17) is 0 Å². The second-order valence-corrected chi connectivity index (χ2v) is 5.28. The molecule has 0 radical (unpaired) electrons. The van der Waals surface area contributed by atoms with Crippen LogP contribution in [0.5, 0.6) is 0 Å². The third kappa shape index (κ3) is 3.32. The molecule has 1 aromatic rings. The summed E-state index contributed by atoms with van der Waals surface area (Å²) >= 11 is 0. The SMILES string of the molecule is C=CC(=O)N(C)c1ccc(C(=O)N2CC[C@@H](C(F)F)C2)cc1. The van der Waals surface area contributed by atoms with Crippen LogP contribution in [0, 0.1) is 5.92 Å². The van der Waals surface area contributed by atoms with Gasteiger partial charge >= 0.3 is 0 Å². The van der Waals surface area contributed by atoms with Crippen LogP contribution in [0.15, 0.2) is 36.9 Å². The number of anilines is 1. The largest absolute Gasteiger partial charge is 0.338 e. The van der Waals surface area contributed by atoms with E-state index < -0.39 is 12.3 Å². The second-order valence-electron chi connectivity index (χ2n) is 5.28. The summed E-state index contributed by atoms with van der Waals surface area (Å²) in [5.41, 5.74) is 1.06. The van der Waals surface area contributed by atoms with Gasteiger partial charge in [0.15, 0.2) is 0 Å². The number of nitrogens with zero attached hydrogens (tertiary/aromatic N) is 2. The number of likely N-dealkylation sites (N-methyl/N-ethyl adjacent to an activating group) is 1. The zero-order valence-electron chi connectivity index (χ0n) is 12.3. The summed E-state index contributed by atoms with van der Waals surface area (Å²) < 4.78 is 25.3. The highest BCUT2D eigenvalue weighted by Gasteiger charge is 2.32. The van der Waals surface area contributed by atoms with Crippen LogP contribution in [0.4, 0.5) is 14.5 Å². The standard InChI is InChI=1S/C16H18F2N2O2/c1-3-14(21)19(2)13-6-4-11(5-7-13)16(22)20-9-8-12(10-20)15(17)18/h3-7,12,15H,1,8-10H2,2H3/t12-/m1/s1. The predicted octanol–water partition coefficient (Wildman–Crippen LogP) is 2.56. The molecule has 4 nitrogen and oxygen atoms in total. The molecule has 0 N–H and O–H groups in total. The van der Waals surface area contributed by atoms with Crippen molar-refractivity contribution in [3.8, 4) is 0 Å². The lowest BCUT2D eigenvalue weighted by molar-refractivity contribution is -0.113. The summed E-state index contributed by atoms with van der Waals surface area (Å²) in [4.78, 5) is 26.6. The summed E-state index contributed by atoms with van der Waals surface area (Å²) in [5, 5.41) is 0. The maximum atomic E-state index is 12.6. The Hall–Kier alpha value is -2.24. The lowest BCUT2D eigenvalue weighted by Crippen LogP contribution is -2.29. The van der Waals surface area contributed by atoms with Crippen LogP contribution in [-0.4, -0.2) is 43.3 Å². The molecule has 0 unspecified atom stereocenters. The minimum Gasteiger partial charge on any atom is -0.338 e. The number of carbonyl (C=O) groups is 2. The first-order valence-corrected chi connectivity index (χ1v) is 7.01. The van der Waals surface area contributed by atoms with E-state index in [1.54, 1.807) is 31.3 Å². The molecular weight excluding hydrogens is 290 g/mol. The van der Waals surface area contributed by atoms with Gasteiger partial charge in [0.2, 0.25) is 12.3 Å². The quantitative estimate of drug-likeness (QED) is 0.802. The highest BCUT2D eigenvalue weighted by Crippen LogP contribution is 2.24. The van der Waals surface area contributed by atoms with Crippen molar-refractivity contribution in [2.45, 2.75) is 12.8 Å². The Morgan fingerprint density at radius 2 is 2.00 bits per heavy atom. The predicted molar refractivity (Wildman–Crippen MR) is 80.1 cm³/mol. The van der Waals surface area contributed by atoms with Gasteiger partial charge in [0, 0.05) is 37.3 Å². The first-order valence-electron chi connectivity index (χ1n) is 7.01. The molecule has 0 saturated carbocycles. The first-order chi connectivity index (χ1) is 10.4. The summed E-state index contributed by atoms with van der Waals surface area (Å²) in [7, 11) is 1.61. The van der Waals surface area contributed by atoms with Gasteiger partial charge < -0.3 is 9.80 Å². The van der Waals surface area contributed by atoms with E-state index in [1.165, 1.54) is 15.9 Å². The van der Waals surface area contributed by atoms with Crippen molar-refractivity contribution < 1.29 is 18.4 Å². The zero-order chi connectivity index (χ0) is 16.3. The Bertz CT molecular complexity index is 572. The fourth-order valence-corrected chi connectivity index (χ4v) is 2.45. The van der Waals surface area contributed by atoms with Gasteiger partial charge in [-0.1, -0.05) is 6.58 Å². The highest BCUT2D eigenvalue weighted by molar-refractivity contribution is 6.01. The molecule has 0 spiro atoms. The average molecular weight is 308 g/mol. The summed E-state index contributed by atoms with van der Waals surface area (Å²) in [6.07, 6.45) is -0.856.